The van der Waals surface area contributed by atoms with E-state index in [0.29, 0.717) is 6.04 Å². The second-order valence-electron chi connectivity index (χ2n) is 4.62. The fourth-order valence-electron chi connectivity index (χ4n) is 2.19. The molecule has 0 saturated carbocycles. The van der Waals surface area contributed by atoms with Crippen LogP contribution in [0.25, 0.3) is 0 Å². The number of halogens is 1. The van der Waals surface area contributed by atoms with Gasteiger partial charge in [0.05, 0.1) is 0 Å². The molecule has 2 N–H and O–H groups in total. The molecule has 1 aromatic carbocycles. The van der Waals surface area contributed by atoms with Crippen molar-refractivity contribution >= 4 is 12.4 Å². The summed E-state index contributed by atoms with van der Waals surface area (Å²) >= 11 is 0. The maximum atomic E-state index is 5.96. The average molecular weight is 241 g/mol. The standard InChI is InChI=1S/C13H20N2.ClH/c1-11-4-6-12(7-5-11)9-15-8-2-3-13(14)10-15;/h4-7,13H,2-3,8-10,14H2,1H3;1H. The van der Waals surface area contributed by atoms with Crippen molar-refractivity contribution < 1.29 is 0 Å². The molecule has 1 saturated heterocycles. The van der Waals surface area contributed by atoms with E-state index in [0.717, 1.165) is 13.1 Å². The van der Waals surface area contributed by atoms with Gasteiger partial charge in [-0.1, -0.05) is 29.8 Å². The molecule has 0 aromatic heterocycles. The van der Waals surface area contributed by atoms with Crippen molar-refractivity contribution in [3.63, 3.8) is 0 Å². The molecule has 16 heavy (non-hydrogen) atoms. The molecule has 1 atom stereocenters. The Hall–Kier alpha value is -0.570. The van der Waals surface area contributed by atoms with Gasteiger partial charge in [-0.2, -0.15) is 0 Å². The number of nitrogens with two attached hydrogens (primary N) is 1. The smallest absolute Gasteiger partial charge is 0.0234 e. The molecule has 0 spiro atoms. The van der Waals surface area contributed by atoms with Crippen LogP contribution in [0.4, 0.5) is 0 Å². The predicted octanol–water partition coefficient (Wildman–Crippen LogP) is 2.34. The number of hydrogen-bond acceptors (Lipinski definition) is 2. The van der Waals surface area contributed by atoms with Crippen LogP contribution < -0.4 is 5.73 Å². The second-order valence-corrected chi connectivity index (χ2v) is 4.62. The van der Waals surface area contributed by atoms with Crippen LogP contribution in [0.5, 0.6) is 0 Å². The Balaban J connectivity index is 0.00000128. The van der Waals surface area contributed by atoms with E-state index in [4.69, 9.17) is 5.73 Å². The molecule has 1 heterocycles. The van der Waals surface area contributed by atoms with Crippen molar-refractivity contribution in [2.24, 2.45) is 5.73 Å². The Morgan fingerprint density at radius 3 is 2.62 bits per heavy atom. The highest BCUT2D eigenvalue weighted by molar-refractivity contribution is 5.85. The quantitative estimate of drug-likeness (QED) is 0.860. The van der Waals surface area contributed by atoms with E-state index in [9.17, 15) is 0 Å². The van der Waals surface area contributed by atoms with E-state index in [2.05, 4.69) is 36.1 Å². The number of piperidine rings is 1. The third kappa shape index (κ3) is 3.78. The molecular weight excluding hydrogens is 220 g/mol. The molecule has 3 heteroatoms. The van der Waals surface area contributed by atoms with E-state index in [1.807, 2.05) is 0 Å². The number of benzene rings is 1. The number of nitrogens with zero attached hydrogens (tertiary/aromatic N) is 1. The first-order valence-electron chi connectivity index (χ1n) is 5.77. The van der Waals surface area contributed by atoms with Gasteiger partial charge in [0, 0.05) is 19.1 Å². The van der Waals surface area contributed by atoms with Gasteiger partial charge in [-0.15, -0.1) is 12.4 Å². The highest BCUT2D eigenvalue weighted by atomic mass is 35.5. The van der Waals surface area contributed by atoms with Crippen molar-refractivity contribution in [2.75, 3.05) is 13.1 Å². The fraction of sp³-hybridized carbons (Fsp3) is 0.538. The van der Waals surface area contributed by atoms with Crippen molar-refractivity contribution in [3.05, 3.63) is 35.4 Å². The summed E-state index contributed by atoms with van der Waals surface area (Å²) < 4.78 is 0. The number of likely N-dealkylation sites (tertiary alicyclic amines) is 1. The Bertz CT molecular complexity index is 310. The van der Waals surface area contributed by atoms with Gasteiger partial charge in [0.25, 0.3) is 0 Å². The van der Waals surface area contributed by atoms with E-state index in [1.54, 1.807) is 0 Å². The second kappa shape index (κ2) is 6.24. The zero-order valence-electron chi connectivity index (χ0n) is 9.86. The normalized spacial score (nSPS) is 21.5. The van der Waals surface area contributed by atoms with Crippen LogP contribution in [0.2, 0.25) is 0 Å². The molecule has 0 aliphatic carbocycles. The zero-order chi connectivity index (χ0) is 10.7. The molecule has 90 valence electrons. The Morgan fingerprint density at radius 2 is 2.00 bits per heavy atom. The molecule has 0 bridgehead atoms. The van der Waals surface area contributed by atoms with Crippen molar-refractivity contribution in [2.45, 2.75) is 32.4 Å². The van der Waals surface area contributed by atoms with Gasteiger partial charge in [-0.3, -0.25) is 4.90 Å². The Morgan fingerprint density at radius 1 is 1.31 bits per heavy atom. The predicted molar refractivity (Wildman–Crippen MR) is 70.9 cm³/mol. The molecule has 1 aliphatic heterocycles. The fourth-order valence-corrected chi connectivity index (χ4v) is 2.19. The lowest BCUT2D eigenvalue weighted by Gasteiger charge is -2.30. The Labute approximate surface area is 104 Å². The summed E-state index contributed by atoms with van der Waals surface area (Å²) in [4.78, 5) is 2.46. The van der Waals surface area contributed by atoms with Gasteiger partial charge < -0.3 is 5.73 Å². The lowest BCUT2D eigenvalue weighted by atomic mass is 10.1. The molecule has 1 aromatic rings. The van der Waals surface area contributed by atoms with Crippen molar-refractivity contribution in [1.82, 2.24) is 4.90 Å². The van der Waals surface area contributed by atoms with Gasteiger partial charge in [0.2, 0.25) is 0 Å². The monoisotopic (exact) mass is 240 g/mol. The molecule has 2 nitrogen and oxygen atoms in total. The van der Waals surface area contributed by atoms with E-state index in [-0.39, 0.29) is 12.4 Å². The number of hydrogen-bond donors (Lipinski definition) is 1. The minimum atomic E-state index is 0. The molecular formula is C13H21ClN2. The Kier molecular flexibility index (Phi) is 5.26. The van der Waals surface area contributed by atoms with Crippen LogP contribution in [-0.2, 0) is 6.54 Å². The topological polar surface area (TPSA) is 29.3 Å². The van der Waals surface area contributed by atoms with Crippen LogP contribution in [0.3, 0.4) is 0 Å². The summed E-state index contributed by atoms with van der Waals surface area (Å²) in [6.45, 7) is 5.42. The summed E-state index contributed by atoms with van der Waals surface area (Å²) in [5.41, 5.74) is 8.69. The summed E-state index contributed by atoms with van der Waals surface area (Å²) in [6, 6.07) is 9.17. The van der Waals surface area contributed by atoms with Gasteiger partial charge in [0.15, 0.2) is 0 Å². The van der Waals surface area contributed by atoms with E-state index < -0.39 is 0 Å². The van der Waals surface area contributed by atoms with Gasteiger partial charge in [0.1, 0.15) is 0 Å². The van der Waals surface area contributed by atoms with Gasteiger partial charge in [-0.25, -0.2) is 0 Å². The van der Waals surface area contributed by atoms with Crippen molar-refractivity contribution in [3.8, 4) is 0 Å². The molecule has 0 radical (unpaired) electrons. The first-order chi connectivity index (χ1) is 7.24. The third-order valence-corrected chi connectivity index (χ3v) is 3.07. The van der Waals surface area contributed by atoms with E-state index >= 15 is 0 Å². The lowest BCUT2D eigenvalue weighted by molar-refractivity contribution is 0.201. The minimum absolute atomic E-state index is 0. The maximum Gasteiger partial charge on any atom is 0.0234 e. The molecule has 1 aliphatic rings. The molecule has 1 fully saturated rings. The molecule has 2 rings (SSSR count). The van der Waals surface area contributed by atoms with Crippen LogP contribution in [0.15, 0.2) is 24.3 Å². The summed E-state index contributed by atoms with van der Waals surface area (Å²) in [7, 11) is 0. The summed E-state index contributed by atoms with van der Waals surface area (Å²) in [6.07, 6.45) is 2.43. The summed E-state index contributed by atoms with van der Waals surface area (Å²) in [5.74, 6) is 0. The van der Waals surface area contributed by atoms with Crippen LogP contribution in [-0.4, -0.2) is 24.0 Å². The number of rotatable bonds is 2. The van der Waals surface area contributed by atoms with Crippen molar-refractivity contribution in [1.29, 1.82) is 0 Å². The first-order valence-corrected chi connectivity index (χ1v) is 5.77. The maximum absolute atomic E-state index is 5.96. The zero-order valence-corrected chi connectivity index (χ0v) is 10.7. The largest absolute Gasteiger partial charge is 0.327 e. The molecule has 1 unspecified atom stereocenters. The van der Waals surface area contributed by atoms with Crippen LogP contribution in [0.1, 0.15) is 24.0 Å². The average Bonchev–Trinajstić information content (AvgIpc) is 2.22. The molecule has 0 amide bonds. The van der Waals surface area contributed by atoms with E-state index in [1.165, 1.54) is 30.5 Å². The first kappa shape index (κ1) is 13.5. The van der Waals surface area contributed by atoms with Crippen LogP contribution >= 0.6 is 12.4 Å². The summed E-state index contributed by atoms with van der Waals surface area (Å²) in [5, 5.41) is 0. The highest BCUT2D eigenvalue weighted by Gasteiger charge is 2.16. The third-order valence-electron chi connectivity index (χ3n) is 3.07. The van der Waals surface area contributed by atoms with Crippen LogP contribution in [0, 0.1) is 6.92 Å². The SMILES string of the molecule is Cc1ccc(CN2CCCC(N)C2)cc1.Cl. The highest BCUT2D eigenvalue weighted by Crippen LogP contribution is 2.12. The number of aryl methyl sites for hydroxylation is 1. The minimum Gasteiger partial charge on any atom is -0.327 e. The van der Waals surface area contributed by atoms with Gasteiger partial charge in [-0.05, 0) is 31.9 Å². The lowest BCUT2D eigenvalue weighted by Crippen LogP contribution is -2.42. The van der Waals surface area contributed by atoms with Gasteiger partial charge >= 0.3 is 0 Å².